The third kappa shape index (κ3) is 5.24. The van der Waals surface area contributed by atoms with E-state index < -0.39 is 0 Å². The van der Waals surface area contributed by atoms with Gasteiger partial charge < -0.3 is 9.88 Å². The number of aromatic nitrogens is 3. The molecule has 3 aromatic rings. The number of thioether (sulfide) groups is 1. The number of halogens is 1. The van der Waals surface area contributed by atoms with Gasteiger partial charge in [-0.25, -0.2) is 0 Å². The number of hydrogen-bond donors (Lipinski definition) is 1. The van der Waals surface area contributed by atoms with Gasteiger partial charge in [-0.2, -0.15) is 0 Å². The Morgan fingerprint density at radius 1 is 1.25 bits per heavy atom. The molecule has 7 heteroatoms. The van der Waals surface area contributed by atoms with Crippen LogP contribution in [0.25, 0.3) is 0 Å². The van der Waals surface area contributed by atoms with Gasteiger partial charge in [0.05, 0.1) is 5.75 Å². The average molecular weight is 413 g/mol. The minimum atomic E-state index is -0.123. The second-order valence-corrected chi connectivity index (χ2v) is 7.61. The van der Waals surface area contributed by atoms with Gasteiger partial charge in [-0.05, 0) is 30.2 Å². The smallest absolute Gasteiger partial charge is 0.234 e. The highest BCUT2D eigenvalue weighted by Gasteiger charge is 2.14. The highest BCUT2D eigenvalue weighted by molar-refractivity contribution is 7.99. The molecule has 5 nitrogen and oxygen atoms in total. The van der Waals surface area contributed by atoms with Gasteiger partial charge in [-0.3, -0.25) is 4.79 Å². The zero-order valence-electron chi connectivity index (χ0n) is 15.6. The first kappa shape index (κ1) is 20.2. The highest BCUT2D eigenvalue weighted by atomic mass is 35.5. The van der Waals surface area contributed by atoms with E-state index in [0.717, 1.165) is 17.0 Å². The first-order valence-electron chi connectivity index (χ1n) is 8.82. The normalized spacial score (nSPS) is 10.6. The Balaban J connectivity index is 1.65. The Morgan fingerprint density at radius 2 is 2.04 bits per heavy atom. The Bertz CT molecular complexity index is 972. The van der Waals surface area contributed by atoms with Gasteiger partial charge in [0.15, 0.2) is 5.16 Å². The van der Waals surface area contributed by atoms with E-state index in [2.05, 4.69) is 34.2 Å². The van der Waals surface area contributed by atoms with Gasteiger partial charge >= 0.3 is 0 Å². The quantitative estimate of drug-likeness (QED) is 0.428. The molecule has 1 aromatic heterocycles. The van der Waals surface area contributed by atoms with Crippen molar-refractivity contribution in [1.29, 1.82) is 0 Å². The van der Waals surface area contributed by atoms with Gasteiger partial charge in [0.25, 0.3) is 0 Å². The van der Waals surface area contributed by atoms with Crippen LogP contribution in [0.4, 0.5) is 5.69 Å². The third-order valence-corrected chi connectivity index (χ3v) is 5.47. The Hall–Kier alpha value is -2.57. The number of nitrogens with zero attached hydrogens (tertiary/aromatic N) is 3. The lowest BCUT2D eigenvalue weighted by Gasteiger charge is -2.09. The molecule has 0 atom stereocenters. The number of carbonyl (C=O) groups is 1. The number of allylic oxidation sites excluding steroid dienone is 1. The maximum absolute atomic E-state index is 12.3. The van der Waals surface area contributed by atoms with Crippen LogP contribution in [0.2, 0.25) is 5.02 Å². The number of rotatable bonds is 8. The molecule has 3 rings (SSSR count). The number of amides is 1. The molecule has 0 aliphatic heterocycles. The van der Waals surface area contributed by atoms with Gasteiger partial charge in [-0.15, -0.1) is 16.8 Å². The Kier molecular flexibility index (Phi) is 6.90. The standard InChI is InChI=1S/C21H21ClN4OS/c1-3-11-26-19(12-16-7-5-4-6-8-16)24-25-21(26)28-14-20(27)23-17-10-9-15(2)18(22)13-17/h3-10,13H,1,11-12,14H2,2H3,(H,23,27). The van der Waals surface area contributed by atoms with E-state index in [1.807, 2.05) is 41.8 Å². The maximum atomic E-state index is 12.3. The Labute approximate surface area is 173 Å². The van der Waals surface area contributed by atoms with Gasteiger partial charge in [0, 0.05) is 23.7 Å². The summed E-state index contributed by atoms with van der Waals surface area (Å²) in [5.41, 5.74) is 2.81. The molecule has 0 saturated carbocycles. The van der Waals surface area contributed by atoms with Crippen molar-refractivity contribution in [3.63, 3.8) is 0 Å². The minimum absolute atomic E-state index is 0.123. The number of benzene rings is 2. The molecule has 28 heavy (non-hydrogen) atoms. The third-order valence-electron chi connectivity index (χ3n) is 4.10. The summed E-state index contributed by atoms with van der Waals surface area (Å²) in [6, 6.07) is 15.6. The summed E-state index contributed by atoms with van der Waals surface area (Å²) in [6.07, 6.45) is 2.48. The van der Waals surface area contributed by atoms with Crippen LogP contribution in [0.1, 0.15) is 17.0 Å². The van der Waals surface area contributed by atoms with Crippen LogP contribution < -0.4 is 5.32 Å². The lowest BCUT2D eigenvalue weighted by molar-refractivity contribution is -0.113. The molecule has 0 spiro atoms. The van der Waals surface area contributed by atoms with Crippen molar-refractivity contribution >= 4 is 35.0 Å². The fourth-order valence-corrected chi connectivity index (χ4v) is 3.59. The van der Waals surface area contributed by atoms with E-state index in [0.29, 0.717) is 28.8 Å². The van der Waals surface area contributed by atoms with Crippen LogP contribution in [0.5, 0.6) is 0 Å². The highest BCUT2D eigenvalue weighted by Crippen LogP contribution is 2.22. The van der Waals surface area contributed by atoms with Crippen LogP contribution in [0.3, 0.4) is 0 Å². The minimum Gasteiger partial charge on any atom is -0.325 e. The molecule has 1 heterocycles. The summed E-state index contributed by atoms with van der Waals surface area (Å²) < 4.78 is 1.99. The summed E-state index contributed by atoms with van der Waals surface area (Å²) in [5.74, 6) is 0.952. The SMILES string of the molecule is C=CCn1c(Cc2ccccc2)nnc1SCC(=O)Nc1ccc(C)c(Cl)c1. The maximum Gasteiger partial charge on any atom is 0.234 e. The zero-order chi connectivity index (χ0) is 19.9. The molecular formula is C21H21ClN4OS. The number of anilines is 1. The van der Waals surface area contributed by atoms with Gasteiger partial charge in [0.2, 0.25) is 5.91 Å². The predicted molar refractivity (Wildman–Crippen MR) is 115 cm³/mol. The molecule has 0 saturated heterocycles. The van der Waals surface area contributed by atoms with E-state index in [1.54, 1.807) is 12.1 Å². The largest absolute Gasteiger partial charge is 0.325 e. The fraction of sp³-hybridized carbons (Fsp3) is 0.190. The molecule has 0 radical (unpaired) electrons. The van der Waals surface area contributed by atoms with Crippen LogP contribution in [0, 0.1) is 6.92 Å². The second-order valence-electron chi connectivity index (χ2n) is 6.26. The van der Waals surface area contributed by atoms with Crippen molar-refractivity contribution in [2.75, 3.05) is 11.1 Å². The average Bonchev–Trinajstić information content (AvgIpc) is 3.06. The van der Waals surface area contributed by atoms with E-state index in [1.165, 1.54) is 11.8 Å². The number of hydrogen-bond acceptors (Lipinski definition) is 4. The summed E-state index contributed by atoms with van der Waals surface area (Å²) in [7, 11) is 0. The Morgan fingerprint density at radius 3 is 2.75 bits per heavy atom. The molecule has 0 bridgehead atoms. The van der Waals surface area contributed by atoms with Crippen molar-refractivity contribution in [1.82, 2.24) is 14.8 Å². The van der Waals surface area contributed by atoms with E-state index in [-0.39, 0.29) is 11.7 Å². The van der Waals surface area contributed by atoms with Crippen molar-refractivity contribution in [2.24, 2.45) is 0 Å². The van der Waals surface area contributed by atoms with Crippen molar-refractivity contribution < 1.29 is 4.79 Å². The lowest BCUT2D eigenvalue weighted by atomic mass is 10.1. The summed E-state index contributed by atoms with van der Waals surface area (Å²) in [4.78, 5) is 12.3. The van der Waals surface area contributed by atoms with Crippen LogP contribution in [0.15, 0.2) is 66.3 Å². The summed E-state index contributed by atoms with van der Waals surface area (Å²) in [6.45, 7) is 6.32. The van der Waals surface area contributed by atoms with Crippen molar-refractivity contribution in [3.05, 3.63) is 83.2 Å². The topological polar surface area (TPSA) is 59.8 Å². The molecule has 1 N–H and O–H groups in total. The molecule has 144 valence electrons. The first-order valence-corrected chi connectivity index (χ1v) is 10.2. The molecule has 2 aromatic carbocycles. The van der Waals surface area contributed by atoms with Crippen LogP contribution >= 0.6 is 23.4 Å². The molecule has 0 aliphatic rings. The van der Waals surface area contributed by atoms with Crippen LogP contribution in [-0.2, 0) is 17.8 Å². The molecule has 0 fully saturated rings. The molecular weight excluding hydrogens is 392 g/mol. The monoisotopic (exact) mass is 412 g/mol. The molecule has 0 unspecified atom stereocenters. The summed E-state index contributed by atoms with van der Waals surface area (Å²) in [5, 5.41) is 12.8. The molecule has 0 aliphatic carbocycles. The van der Waals surface area contributed by atoms with E-state index >= 15 is 0 Å². The second kappa shape index (κ2) is 9.57. The van der Waals surface area contributed by atoms with E-state index in [9.17, 15) is 4.79 Å². The van der Waals surface area contributed by atoms with Crippen LogP contribution in [-0.4, -0.2) is 26.4 Å². The number of carbonyl (C=O) groups excluding carboxylic acids is 1. The predicted octanol–water partition coefficient (Wildman–Crippen LogP) is 4.75. The summed E-state index contributed by atoms with van der Waals surface area (Å²) >= 11 is 7.46. The van der Waals surface area contributed by atoms with Crippen molar-refractivity contribution in [3.8, 4) is 0 Å². The number of nitrogens with one attached hydrogen (secondary N) is 1. The van der Waals surface area contributed by atoms with Crippen molar-refractivity contribution in [2.45, 2.75) is 25.0 Å². The van der Waals surface area contributed by atoms with Gasteiger partial charge in [-0.1, -0.05) is 65.8 Å². The van der Waals surface area contributed by atoms with E-state index in [4.69, 9.17) is 11.6 Å². The molecule has 1 amide bonds. The lowest BCUT2D eigenvalue weighted by Crippen LogP contribution is -2.15. The number of aryl methyl sites for hydroxylation is 1. The zero-order valence-corrected chi connectivity index (χ0v) is 17.1. The van der Waals surface area contributed by atoms with Gasteiger partial charge in [0.1, 0.15) is 5.82 Å². The fourth-order valence-electron chi connectivity index (χ4n) is 2.65. The first-order chi connectivity index (χ1) is 13.6.